The normalized spacial score (nSPS) is 17.1. The summed E-state index contributed by atoms with van der Waals surface area (Å²) in [4.78, 5) is 108. The lowest BCUT2D eigenvalue weighted by Gasteiger charge is -2.36. The Bertz CT molecular complexity index is 3950. The third-order valence-corrected chi connectivity index (χ3v) is 17.4. The van der Waals surface area contributed by atoms with Gasteiger partial charge in [0.15, 0.2) is 40.7 Å². The maximum atomic E-state index is 12.6. The quantitative estimate of drug-likeness (QED) is 0.0123. The van der Waals surface area contributed by atoms with Crippen molar-refractivity contribution < 1.29 is 135 Å². The zero-order valence-corrected chi connectivity index (χ0v) is 57.1. The van der Waals surface area contributed by atoms with Crippen LogP contribution in [0.25, 0.3) is 35.5 Å². The number of aliphatic hydroxyl groups is 5. The van der Waals surface area contributed by atoms with Crippen molar-refractivity contribution in [1.29, 1.82) is 0 Å². The average molecular weight is 1480 g/mol. The molecule has 7 atom stereocenters. The number of carbonyl (C=O) groups excluding carboxylic acids is 4. The van der Waals surface area contributed by atoms with E-state index in [4.69, 9.17) is 34.9 Å². The number of nitrogens with zero attached hydrogens (tertiary/aromatic N) is 4. The number of rotatable bonds is 32. The Balaban J connectivity index is 0.000000356. The topological polar surface area (TPSA) is 561 Å². The fraction of sp³-hybridized carbons (Fsp3) is 0.328. The number of benzene rings is 4. The van der Waals surface area contributed by atoms with Crippen LogP contribution in [0.5, 0.6) is 34.5 Å². The third-order valence-electron chi connectivity index (χ3n) is 13.5. The largest absolute Gasteiger partial charge is 0.790 e. The number of fused-ring (bicyclic) bond motifs is 1. The molecule has 1 fully saturated rings. The van der Waals surface area contributed by atoms with Crippen molar-refractivity contribution in [2.75, 3.05) is 65.2 Å². The predicted molar refractivity (Wildman–Crippen MR) is 350 cm³/mol. The van der Waals surface area contributed by atoms with Gasteiger partial charge in [-0.25, -0.2) is 24.1 Å². The molecule has 3 heterocycles. The molecule has 1 aliphatic heterocycles. The first kappa shape index (κ1) is 82.2. The first-order valence-corrected chi connectivity index (χ1v) is 34.6. The van der Waals surface area contributed by atoms with E-state index in [-0.39, 0.29) is 103 Å². The number of anilines is 1. The molecule has 0 bridgehead atoms. The molecular weight excluding hydrogens is 1400 g/mol. The number of phosphoric acid groups is 3. The van der Waals surface area contributed by atoms with Crippen molar-refractivity contribution >= 4 is 99.4 Å². The number of aromatic hydroxyl groups is 4. The van der Waals surface area contributed by atoms with E-state index in [0.717, 1.165) is 40.1 Å². The van der Waals surface area contributed by atoms with Gasteiger partial charge in [-0.1, -0.05) is 74.2 Å². The first-order chi connectivity index (χ1) is 47.2. The van der Waals surface area contributed by atoms with E-state index in [0.29, 0.717) is 28.0 Å². The Labute approximate surface area is 574 Å². The minimum Gasteiger partial charge on any atom is -0.790 e. The summed E-state index contributed by atoms with van der Waals surface area (Å²) in [7, 11) is -14.8. The maximum Gasteiger partial charge on any atom is 0.331 e. The zero-order valence-electron chi connectivity index (χ0n) is 53.6. The van der Waals surface area contributed by atoms with Gasteiger partial charge in [-0.15, -0.1) is 0 Å². The number of thioether (sulfide) groups is 1. The number of carbonyl (C=O) groups is 4. The molecule has 7 rings (SSSR count). The molecule has 0 aliphatic carbocycles. The lowest BCUT2D eigenvalue weighted by molar-refractivity contribution is -0.347. The molecule has 2 aromatic heterocycles. The average Bonchev–Trinajstić information content (AvgIpc) is 1.61. The molecule has 1 aliphatic rings. The number of nitrogens with two attached hydrogens (primary N) is 1. The smallest absolute Gasteiger partial charge is 0.331 e. The Morgan fingerprint density at radius 3 is 1.86 bits per heavy atom. The zero-order chi connectivity index (χ0) is 74.0. The summed E-state index contributed by atoms with van der Waals surface area (Å²) in [6.07, 6.45) is 4.68. The fourth-order valence-electron chi connectivity index (χ4n) is 8.48. The fourth-order valence-corrected chi connectivity index (χ4v) is 11.8. The van der Waals surface area contributed by atoms with Crippen LogP contribution in [0.3, 0.4) is 0 Å². The molecule has 100 heavy (non-hydrogen) atoms. The number of amides is 2. The van der Waals surface area contributed by atoms with Crippen molar-refractivity contribution in [1.82, 2.24) is 30.2 Å². The minimum absolute atomic E-state index is 0.0275. The predicted octanol–water partition coefficient (Wildman–Crippen LogP) is 1.32. The van der Waals surface area contributed by atoms with Crippen LogP contribution >= 0.6 is 35.2 Å². The standard InChI is InChI=1S/C30H42N7O18P3S.C20H20O6.C11H14O4/c1-30(2,25(42)28(43)33-10-9-20(39)32-11-12-59-21(40)8-5-17-3-6-18(38)7-4-17)14-52-58(49,50)55-57(47,48)51-13-19-24(54-56(44,45)46)23(41)29(53-19)37-16-36-22-26(31)34-15-35-27(22)37;1-25-18-12-15(11-16(13-21)20(18)24)3-2-10-26-19(23)9-6-14-4-7-17(22)8-5-14;1-15-10-6-8(3-2-4-12)5-9(7-13)11(10)14/h3-8,15-16,19,23-25,29,38,41-42H,9-14H2,1-2H3,(H,32,39)(H,33,43)(H,47,48)(H,49,50)(H2,31,34,35)(H2,44,45,46);2-9,11-12,21-22,24H,10,13H2,1H3;2-3,5-6,12-14H,4,7H2,1H3/p-4/b8-5+;3-2+,9-6+;3-2+. The van der Waals surface area contributed by atoms with Crippen LogP contribution in [0.1, 0.15) is 59.9 Å². The van der Waals surface area contributed by atoms with Gasteiger partial charge < -0.3 is 119 Å². The van der Waals surface area contributed by atoms with Gasteiger partial charge in [0.2, 0.25) is 16.9 Å². The van der Waals surface area contributed by atoms with Crippen molar-refractivity contribution in [3.63, 3.8) is 0 Å². The van der Waals surface area contributed by atoms with Crippen molar-refractivity contribution in [2.45, 2.75) is 64.1 Å². The van der Waals surface area contributed by atoms with Crippen molar-refractivity contribution in [3.05, 3.63) is 143 Å². The van der Waals surface area contributed by atoms with Gasteiger partial charge in [0.05, 0.1) is 61.4 Å². The molecule has 4 aromatic carbocycles. The van der Waals surface area contributed by atoms with Crippen LogP contribution in [-0.4, -0.2) is 172 Å². The van der Waals surface area contributed by atoms with E-state index in [9.17, 15) is 88.2 Å². The second kappa shape index (κ2) is 38.9. The van der Waals surface area contributed by atoms with Gasteiger partial charge in [0, 0.05) is 47.9 Å². The first-order valence-electron chi connectivity index (χ1n) is 29.3. The van der Waals surface area contributed by atoms with Crippen LogP contribution in [0.4, 0.5) is 5.82 Å². The monoisotopic (exact) mass is 1480 g/mol. The third kappa shape index (κ3) is 26.6. The molecule has 0 spiro atoms. The summed E-state index contributed by atoms with van der Waals surface area (Å²) in [5.74, 6) is -1.22. The van der Waals surface area contributed by atoms with Crippen LogP contribution in [0.15, 0.2) is 110 Å². The molecule has 13 N–H and O–H groups in total. The molecular formula is C61H72N7O28P3S-4. The number of nitrogen functional groups attached to an aromatic ring is 1. The highest BCUT2D eigenvalue weighted by Crippen LogP contribution is 2.56. The van der Waals surface area contributed by atoms with Crippen LogP contribution in [0, 0.1) is 5.41 Å². The van der Waals surface area contributed by atoms with E-state index in [1.165, 1.54) is 64.5 Å². The molecule has 7 unspecified atom stereocenters. The van der Waals surface area contributed by atoms with Gasteiger partial charge in [-0.05, 0) is 89.0 Å². The Kier molecular flexibility index (Phi) is 32.0. The summed E-state index contributed by atoms with van der Waals surface area (Å²) >= 11 is 0.945. The highest BCUT2D eigenvalue weighted by atomic mass is 32.2. The number of hydrogen-bond donors (Lipinski definition) is 12. The molecule has 6 aromatic rings. The van der Waals surface area contributed by atoms with E-state index in [1.54, 1.807) is 85.0 Å². The highest BCUT2D eigenvalue weighted by molar-refractivity contribution is 8.14. The number of phenolic OH excluding ortho intramolecular Hbond substituents is 2. The minimum atomic E-state index is -5.93. The summed E-state index contributed by atoms with van der Waals surface area (Å²) in [5.41, 5.74) is 7.69. The highest BCUT2D eigenvalue weighted by Gasteiger charge is 2.47. The number of imidazole rings is 1. The van der Waals surface area contributed by atoms with E-state index >= 15 is 0 Å². The van der Waals surface area contributed by atoms with Gasteiger partial charge in [-0.3, -0.25) is 28.1 Å². The Morgan fingerprint density at radius 2 is 1.31 bits per heavy atom. The molecule has 544 valence electrons. The molecule has 35 nitrogen and oxygen atoms in total. The van der Waals surface area contributed by atoms with Crippen LogP contribution in [0.2, 0.25) is 0 Å². The molecule has 0 radical (unpaired) electrons. The van der Waals surface area contributed by atoms with Crippen molar-refractivity contribution in [2.24, 2.45) is 5.41 Å². The van der Waals surface area contributed by atoms with Crippen molar-refractivity contribution in [3.8, 4) is 34.5 Å². The lowest BCUT2D eigenvalue weighted by atomic mass is 9.87. The number of nitrogens with one attached hydrogen (secondary N) is 2. The number of phenols is 4. The van der Waals surface area contributed by atoms with E-state index < -0.39 is 90.5 Å². The number of aliphatic hydroxyl groups excluding tert-OH is 5. The van der Waals surface area contributed by atoms with Crippen LogP contribution < -0.4 is 45.4 Å². The van der Waals surface area contributed by atoms with Gasteiger partial charge in [0.25, 0.3) is 15.6 Å². The Morgan fingerprint density at radius 1 is 0.750 bits per heavy atom. The summed E-state index contributed by atoms with van der Waals surface area (Å²) in [6, 6.07) is 19.1. The van der Waals surface area contributed by atoms with E-state index in [1.807, 2.05) is 0 Å². The maximum absolute atomic E-state index is 12.6. The number of phosphoric ester groups is 3. The summed E-state index contributed by atoms with van der Waals surface area (Å²) < 4.78 is 75.6. The summed E-state index contributed by atoms with van der Waals surface area (Å²) in [6.45, 7) is -0.626. The van der Waals surface area contributed by atoms with Gasteiger partial charge in [-0.2, -0.15) is 0 Å². The number of aromatic nitrogens is 4. The van der Waals surface area contributed by atoms with Crippen LogP contribution in [-0.2, 0) is 73.4 Å². The van der Waals surface area contributed by atoms with Gasteiger partial charge >= 0.3 is 5.97 Å². The molecule has 1 saturated heterocycles. The lowest BCUT2D eigenvalue weighted by Crippen LogP contribution is -2.46. The molecule has 0 saturated carbocycles. The number of methoxy groups -OCH3 is 2. The number of ether oxygens (including phenoxy) is 4. The molecule has 2 amide bonds. The SMILES string of the molecule is CC(C)(COP(=O)([O-])OP(=O)([O-])OCC1OC(n2cnc3c(N)ncnc32)C(O)C1OP(=O)([O-])[O-])C(O)C(=O)NCCC(=O)NCCSC(=O)/C=C/c1ccc(O)cc1.COc1cc(/C=C/CO)cc(CO)c1O.COc1cc(/C=C/COC(=O)/C=C/c2ccc(O)cc2)cc(CO)c1O. The second-order valence-electron chi connectivity index (χ2n) is 21.4. The molecule has 39 heteroatoms. The number of hydrogen-bond acceptors (Lipinski definition) is 33. The second-order valence-corrected chi connectivity index (χ2v) is 26.6. The van der Waals surface area contributed by atoms with E-state index in [2.05, 4.69) is 43.5 Å². The Hall–Kier alpha value is -8.45. The number of esters is 1. The summed E-state index contributed by atoms with van der Waals surface area (Å²) in [5, 5.41) is 90.7. The van der Waals surface area contributed by atoms with Gasteiger partial charge in [0.1, 0.15) is 54.4 Å².